The molecule has 0 bridgehead atoms. The Morgan fingerprint density at radius 1 is 1.00 bits per heavy atom. The molecule has 0 saturated heterocycles. The van der Waals surface area contributed by atoms with Gasteiger partial charge in [-0.3, -0.25) is 0 Å². The zero-order valence-electron chi connectivity index (χ0n) is 11.9. The monoisotopic (exact) mass is 273 g/mol. The number of hydrogen-bond acceptors (Lipinski definition) is 4. The molecule has 4 heteroatoms. The van der Waals surface area contributed by atoms with Gasteiger partial charge in [-0.15, -0.1) is 0 Å². The van der Waals surface area contributed by atoms with Crippen LogP contribution < -0.4 is 10.1 Å². The Morgan fingerprint density at radius 2 is 1.75 bits per heavy atom. The molecule has 20 heavy (non-hydrogen) atoms. The van der Waals surface area contributed by atoms with Gasteiger partial charge in [0.25, 0.3) is 0 Å². The van der Waals surface area contributed by atoms with Crippen molar-refractivity contribution in [1.82, 2.24) is 0 Å². The van der Waals surface area contributed by atoms with Gasteiger partial charge >= 0.3 is 0 Å². The maximum atomic E-state index is 9.84. The molecule has 0 unspecified atom stereocenters. The first-order chi connectivity index (χ1) is 9.51. The van der Waals surface area contributed by atoms with Crippen molar-refractivity contribution >= 4 is 5.69 Å². The second-order valence-electron chi connectivity index (χ2n) is 4.80. The third-order valence-corrected chi connectivity index (χ3v) is 3.30. The quantitative estimate of drug-likeness (QED) is 0.748. The molecular formula is C16H19NO3. The van der Waals surface area contributed by atoms with Gasteiger partial charge in [-0.2, -0.15) is 0 Å². The highest BCUT2D eigenvalue weighted by Gasteiger charge is 2.06. The summed E-state index contributed by atoms with van der Waals surface area (Å²) < 4.78 is 5.15. The van der Waals surface area contributed by atoms with Gasteiger partial charge in [0.2, 0.25) is 0 Å². The van der Waals surface area contributed by atoms with E-state index in [0.717, 1.165) is 22.4 Å². The Hall–Kier alpha value is -2.36. The molecule has 0 amide bonds. The number of aryl methyl sites for hydroxylation is 2. The molecule has 0 radical (unpaired) electrons. The molecule has 0 aliphatic carbocycles. The van der Waals surface area contributed by atoms with Crippen LogP contribution in [0.2, 0.25) is 0 Å². The fourth-order valence-electron chi connectivity index (χ4n) is 2.01. The molecular weight excluding hydrogens is 254 g/mol. The fraction of sp³-hybridized carbons (Fsp3) is 0.250. The summed E-state index contributed by atoms with van der Waals surface area (Å²) in [7, 11) is 1.59. The zero-order valence-corrected chi connectivity index (χ0v) is 11.9. The zero-order chi connectivity index (χ0) is 14.7. The van der Waals surface area contributed by atoms with E-state index in [1.54, 1.807) is 31.4 Å². The molecule has 4 nitrogen and oxygen atoms in total. The van der Waals surface area contributed by atoms with Crippen LogP contribution in [0.1, 0.15) is 16.7 Å². The van der Waals surface area contributed by atoms with Crippen LogP contribution in [-0.2, 0) is 6.54 Å². The number of hydrogen-bond donors (Lipinski definition) is 3. The average molecular weight is 273 g/mol. The molecule has 0 atom stereocenters. The summed E-state index contributed by atoms with van der Waals surface area (Å²) in [4.78, 5) is 0. The van der Waals surface area contributed by atoms with Gasteiger partial charge in [-0.1, -0.05) is 0 Å². The van der Waals surface area contributed by atoms with Crippen LogP contribution in [0.3, 0.4) is 0 Å². The third kappa shape index (κ3) is 2.96. The minimum atomic E-state index is 0.228. The van der Waals surface area contributed by atoms with Crippen molar-refractivity contribution < 1.29 is 14.9 Å². The summed E-state index contributed by atoms with van der Waals surface area (Å²) in [6.07, 6.45) is 0. The minimum Gasteiger partial charge on any atom is -0.508 e. The van der Waals surface area contributed by atoms with Crippen molar-refractivity contribution in [2.24, 2.45) is 0 Å². The van der Waals surface area contributed by atoms with Crippen LogP contribution in [0.15, 0.2) is 30.3 Å². The maximum absolute atomic E-state index is 9.84. The van der Waals surface area contributed by atoms with Gasteiger partial charge in [-0.25, -0.2) is 0 Å². The van der Waals surface area contributed by atoms with Crippen LogP contribution >= 0.6 is 0 Å². The van der Waals surface area contributed by atoms with Crippen molar-refractivity contribution in [2.75, 3.05) is 12.4 Å². The minimum absolute atomic E-state index is 0.228. The van der Waals surface area contributed by atoms with Gasteiger partial charge in [0.05, 0.1) is 7.11 Å². The number of methoxy groups -OCH3 is 1. The second kappa shape index (κ2) is 5.74. The molecule has 0 heterocycles. The highest BCUT2D eigenvalue weighted by Crippen LogP contribution is 2.27. The first-order valence-electron chi connectivity index (χ1n) is 6.41. The van der Waals surface area contributed by atoms with E-state index in [1.807, 2.05) is 19.9 Å². The molecule has 0 saturated carbocycles. The second-order valence-corrected chi connectivity index (χ2v) is 4.80. The predicted octanol–water partition coefficient (Wildman–Crippen LogP) is 3.34. The smallest absolute Gasteiger partial charge is 0.120 e. The number of phenolic OH excluding ortho intramolecular Hbond substituents is 2. The molecule has 0 aliphatic heterocycles. The predicted molar refractivity (Wildman–Crippen MR) is 79.6 cm³/mol. The first-order valence-corrected chi connectivity index (χ1v) is 6.41. The number of benzene rings is 2. The number of ether oxygens (including phenoxy) is 1. The highest BCUT2D eigenvalue weighted by molar-refractivity contribution is 5.57. The van der Waals surface area contributed by atoms with Crippen LogP contribution in [0.4, 0.5) is 5.69 Å². The van der Waals surface area contributed by atoms with E-state index in [0.29, 0.717) is 12.3 Å². The lowest BCUT2D eigenvalue weighted by molar-refractivity contribution is 0.411. The first kappa shape index (κ1) is 14.1. The standard InChI is InChI=1S/C16H19NO3/c1-10-7-16(19)11(2)6-14(10)17-9-12-8-13(20-3)4-5-15(12)18/h4-8,17-19H,9H2,1-3H3. The SMILES string of the molecule is COc1ccc(O)c(CNc2cc(C)c(O)cc2C)c1. The van der Waals surface area contributed by atoms with Gasteiger partial charge < -0.3 is 20.3 Å². The molecule has 2 aromatic rings. The van der Waals surface area contributed by atoms with Crippen molar-refractivity contribution in [3.8, 4) is 17.2 Å². The van der Waals surface area contributed by atoms with Crippen molar-refractivity contribution in [1.29, 1.82) is 0 Å². The van der Waals surface area contributed by atoms with Gasteiger partial charge in [-0.05, 0) is 55.3 Å². The molecule has 3 N–H and O–H groups in total. The van der Waals surface area contributed by atoms with E-state index in [4.69, 9.17) is 4.74 Å². The average Bonchev–Trinajstić information content (AvgIpc) is 2.43. The van der Waals surface area contributed by atoms with E-state index >= 15 is 0 Å². The van der Waals surface area contributed by atoms with E-state index in [9.17, 15) is 10.2 Å². The number of nitrogens with one attached hydrogen (secondary N) is 1. The van der Waals surface area contributed by atoms with Crippen molar-refractivity contribution in [3.05, 3.63) is 47.0 Å². The highest BCUT2D eigenvalue weighted by atomic mass is 16.5. The van der Waals surface area contributed by atoms with Crippen LogP contribution in [-0.4, -0.2) is 17.3 Å². The summed E-state index contributed by atoms with van der Waals surface area (Å²) in [5, 5.41) is 22.7. The molecule has 106 valence electrons. The Bertz CT molecular complexity index is 623. The van der Waals surface area contributed by atoms with Crippen LogP contribution in [0.25, 0.3) is 0 Å². The molecule has 0 spiro atoms. The number of phenols is 2. The topological polar surface area (TPSA) is 61.7 Å². The van der Waals surface area contributed by atoms with Crippen LogP contribution in [0, 0.1) is 13.8 Å². The Kier molecular flexibility index (Phi) is 4.03. The number of anilines is 1. The lowest BCUT2D eigenvalue weighted by atomic mass is 10.1. The van der Waals surface area contributed by atoms with E-state index in [2.05, 4.69) is 5.32 Å². The Balaban J connectivity index is 2.18. The van der Waals surface area contributed by atoms with E-state index in [1.165, 1.54) is 0 Å². The molecule has 0 aliphatic rings. The summed E-state index contributed by atoms with van der Waals surface area (Å²) >= 11 is 0. The molecule has 2 rings (SSSR count). The summed E-state index contributed by atoms with van der Waals surface area (Å²) in [6, 6.07) is 8.75. The Labute approximate surface area is 118 Å². The number of aromatic hydroxyl groups is 2. The van der Waals surface area contributed by atoms with E-state index in [-0.39, 0.29) is 11.5 Å². The summed E-state index contributed by atoms with van der Waals surface area (Å²) in [6.45, 7) is 4.25. The molecule has 2 aromatic carbocycles. The number of rotatable bonds is 4. The van der Waals surface area contributed by atoms with Crippen LogP contribution in [0.5, 0.6) is 17.2 Å². The largest absolute Gasteiger partial charge is 0.508 e. The van der Waals surface area contributed by atoms with E-state index < -0.39 is 0 Å². The fourth-order valence-corrected chi connectivity index (χ4v) is 2.01. The summed E-state index contributed by atoms with van der Waals surface area (Å²) in [5.74, 6) is 1.22. The lowest BCUT2D eigenvalue weighted by Gasteiger charge is -2.13. The Morgan fingerprint density at radius 3 is 2.45 bits per heavy atom. The normalized spacial score (nSPS) is 10.3. The third-order valence-electron chi connectivity index (χ3n) is 3.30. The molecule has 0 fully saturated rings. The van der Waals surface area contributed by atoms with Crippen molar-refractivity contribution in [3.63, 3.8) is 0 Å². The van der Waals surface area contributed by atoms with Crippen molar-refractivity contribution in [2.45, 2.75) is 20.4 Å². The van der Waals surface area contributed by atoms with Gasteiger partial charge in [0.15, 0.2) is 0 Å². The lowest BCUT2D eigenvalue weighted by Crippen LogP contribution is -2.02. The van der Waals surface area contributed by atoms with Gasteiger partial charge in [0, 0.05) is 17.8 Å². The van der Waals surface area contributed by atoms with Gasteiger partial charge in [0.1, 0.15) is 17.2 Å². The summed E-state index contributed by atoms with van der Waals surface area (Å²) in [5.41, 5.74) is 3.46. The maximum Gasteiger partial charge on any atom is 0.120 e. The molecule has 0 aromatic heterocycles.